The molecule has 0 bridgehead atoms. The average Bonchev–Trinajstić information content (AvgIpc) is 2.78. The van der Waals surface area contributed by atoms with Gasteiger partial charge in [-0.15, -0.1) is 0 Å². The Bertz CT molecular complexity index is 253. The Morgan fingerprint density at radius 1 is 1.29 bits per heavy atom. The fourth-order valence-corrected chi connectivity index (χ4v) is 2.71. The highest BCUT2D eigenvalue weighted by Gasteiger charge is 2.37. The van der Waals surface area contributed by atoms with Crippen LogP contribution in [0.2, 0.25) is 0 Å². The summed E-state index contributed by atoms with van der Waals surface area (Å²) in [6.45, 7) is 1.11. The van der Waals surface area contributed by atoms with E-state index in [1.165, 1.54) is 32.1 Å². The van der Waals surface area contributed by atoms with Crippen molar-refractivity contribution in [3.8, 4) is 0 Å². The molecule has 2 fully saturated rings. The molecule has 98 valence electrons. The first-order valence-electron chi connectivity index (χ1n) is 6.79. The first-order chi connectivity index (χ1) is 8.24. The number of amides is 1. The van der Waals surface area contributed by atoms with Crippen molar-refractivity contribution in [1.29, 1.82) is 0 Å². The van der Waals surface area contributed by atoms with E-state index in [2.05, 4.69) is 10.6 Å². The number of nitrogens with one attached hydrogen (secondary N) is 2. The molecule has 2 N–H and O–H groups in total. The number of ether oxygens (including phenoxy) is 1. The zero-order valence-electron chi connectivity index (χ0n) is 10.8. The number of hydrogen-bond acceptors (Lipinski definition) is 3. The molecule has 0 radical (unpaired) electrons. The summed E-state index contributed by atoms with van der Waals surface area (Å²) >= 11 is 0. The second-order valence-electron chi connectivity index (χ2n) is 5.38. The largest absolute Gasteiger partial charge is 0.376 e. The van der Waals surface area contributed by atoms with Crippen LogP contribution in [-0.4, -0.2) is 37.7 Å². The lowest BCUT2D eigenvalue weighted by Gasteiger charge is -2.40. The lowest BCUT2D eigenvalue weighted by molar-refractivity contribution is -0.124. The monoisotopic (exact) mass is 240 g/mol. The number of methoxy groups -OCH3 is 1. The lowest BCUT2D eigenvalue weighted by Crippen LogP contribution is -2.51. The van der Waals surface area contributed by atoms with E-state index in [1.54, 1.807) is 7.11 Å². The number of carbonyl (C=O) groups excluding carboxylic acids is 1. The van der Waals surface area contributed by atoms with E-state index in [0.29, 0.717) is 19.1 Å². The highest BCUT2D eigenvalue weighted by molar-refractivity contribution is 5.78. The first-order valence-corrected chi connectivity index (χ1v) is 6.79. The highest BCUT2D eigenvalue weighted by Crippen LogP contribution is 2.34. The Kier molecular flexibility index (Phi) is 4.40. The molecule has 1 amide bonds. The summed E-state index contributed by atoms with van der Waals surface area (Å²) in [4.78, 5) is 11.7. The van der Waals surface area contributed by atoms with Crippen molar-refractivity contribution in [1.82, 2.24) is 10.6 Å². The summed E-state index contributed by atoms with van der Waals surface area (Å²) in [6.07, 6.45) is 8.38. The van der Waals surface area contributed by atoms with E-state index < -0.39 is 0 Å². The summed E-state index contributed by atoms with van der Waals surface area (Å²) in [5.41, 5.74) is -0.0664. The van der Waals surface area contributed by atoms with Crippen LogP contribution in [0.3, 0.4) is 0 Å². The molecule has 2 aliphatic rings. The minimum absolute atomic E-state index is 0.0664. The van der Waals surface area contributed by atoms with Crippen molar-refractivity contribution in [3.05, 3.63) is 0 Å². The van der Waals surface area contributed by atoms with Crippen LogP contribution in [0.15, 0.2) is 0 Å². The Balaban J connectivity index is 1.60. The van der Waals surface area contributed by atoms with Gasteiger partial charge in [-0.2, -0.15) is 0 Å². The quantitative estimate of drug-likeness (QED) is 0.733. The zero-order chi connectivity index (χ0) is 12.1. The molecule has 0 atom stereocenters. The standard InChI is InChI=1S/C13H24N2O2/c1-17-13(7-4-8-13)10-15-12(16)9-14-11-5-2-3-6-11/h11,14H,2-10H2,1H3,(H,15,16). The van der Waals surface area contributed by atoms with E-state index in [0.717, 1.165) is 12.8 Å². The van der Waals surface area contributed by atoms with E-state index >= 15 is 0 Å². The van der Waals surface area contributed by atoms with E-state index in [1.807, 2.05) is 0 Å². The Hall–Kier alpha value is -0.610. The summed E-state index contributed by atoms with van der Waals surface area (Å²) in [5.74, 6) is 0.0974. The summed E-state index contributed by atoms with van der Waals surface area (Å²) in [7, 11) is 1.74. The van der Waals surface area contributed by atoms with Gasteiger partial charge in [-0.05, 0) is 32.1 Å². The molecule has 0 aromatic heterocycles. The molecule has 2 saturated carbocycles. The van der Waals surface area contributed by atoms with Gasteiger partial charge < -0.3 is 15.4 Å². The zero-order valence-corrected chi connectivity index (χ0v) is 10.8. The molecular weight excluding hydrogens is 216 g/mol. The molecule has 4 nitrogen and oxygen atoms in total. The predicted octanol–water partition coefficient (Wildman–Crippen LogP) is 1.20. The molecule has 0 aliphatic heterocycles. The maximum Gasteiger partial charge on any atom is 0.234 e. The highest BCUT2D eigenvalue weighted by atomic mass is 16.5. The molecule has 4 heteroatoms. The van der Waals surface area contributed by atoms with Gasteiger partial charge in [0.2, 0.25) is 5.91 Å². The second-order valence-corrected chi connectivity index (χ2v) is 5.38. The Morgan fingerprint density at radius 2 is 2.00 bits per heavy atom. The van der Waals surface area contributed by atoms with Crippen LogP contribution in [-0.2, 0) is 9.53 Å². The van der Waals surface area contributed by atoms with Crippen molar-refractivity contribution in [3.63, 3.8) is 0 Å². The maximum absolute atomic E-state index is 11.7. The lowest BCUT2D eigenvalue weighted by atomic mass is 9.80. The van der Waals surface area contributed by atoms with E-state index in [-0.39, 0.29) is 11.5 Å². The minimum Gasteiger partial charge on any atom is -0.376 e. The minimum atomic E-state index is -0.0664. The molecule has 2 aliphatic carbocycles. The second kappa shape index (κ2) is 5.83. The van der Waals surface area contributed by atoms with Gasteiger partial charge in [0.15, 0.2) is 0 Å². The molecule has 0 saturated heterocycles. The van der Waals surface area contributed by atoms with Crippen LogP contribution in [0.25, 0.3) is 0 Å². The SMILES string of the molecule is COC1(CNC(=O)CNC2CCCC2)CCC1. The van der Waals surface area contributed by atoms with E-state index in [4.69, 9.17) is 4.74 Å². The normalized spacial score (nSPS) is 23.4. The van der Waals surface area contributed by atoms with Crippen LogP contribution >= 0.6 is 0 Å². The van der Waals surface area contributed by atoms with Crippen LogP contribution in [0.5, 0.6) is 0 Å². The van der Waals surface area contributed by atoms with Gasteiger partial charge in [0.05, 0.1) is 12.1 Å². The van der Waals surface area contributed by atoms with Crippen molar-refractivity contribution in [2.75, 3.05) is 20.2 Å². The Labute approximate surface area is 103 Å². The van der Waals surface area contributed by atoms with Crippen molar-refractivity contribution in [2.24, 2.45) is 0 Å². The van der Waals surface area contributed by atoms with Gasteiger partial charge in [0.25, 0.3) is 0 Å². The molecule has 0 aromatic rings. The van der Waals surface area contributed by atoms with Gasteiger partial charge in [0.1, 0.15) is 0 Å². The van der Waals surface area contributed by atoms with Gasteiger partial charge in [-0.1, -0.05) is 12.8 Å². The molecule has 0 spiro atoms. The topological polar surface area (TPSA) is 50.4 Å². The molecule has 0 unspecified atom stereocenters. The van der Waals surface area contributed by atoms with Gasteiger partial charge in [-0.3, -0.25) is 4.79 Å². The molecule has 17 heavy (non-hydrogen) atoms. The Morgan fingerprint density at radius 3 is 2.53 bits per heavy atom. The summed E-state index contributed by atoms with van der Waals surface area (Å²) in [6, 6.07) is 0.556. The predicted molar refractivity (Wildman–Crippen MR) is 66.9 cm³/mol. The smallest absolute Gasteiger partial charge is 0.234 e. The summed E-state index contributed by atoms with van der Waals surface area (Å²) < 4.78 is 5.47. The average molecular weight is 240 g/mol. The third kappa shape index (κ3) is 3.42. The fourth-order valence-electron chi connectivity index (χ4n) is 2.71. The van der Waals surface area contributed by atoms with Crippen molar-refractivity contribution < 1.29 is 9.53 Å². The number of rotatable bonds is 6. The molecule has 0 heterocycles. The van der Waals surface area contributed by atoms with Gasteiger partial charge >= 0.3 is 0 Å². The van der Waals surface area contributed by atoms with Crippen molar-refractivity contribution >= 4 is 5.91 Å². The third-order valence-electron chi connectivity index (χ3n) is 4.21. The molecular formula is C13H24N2O2. The van der Waals surface area contributed by atoms with Crippen LogP contribution < -0.4 is 10.6 Å². The van der Waals surface area contributed by atoms with Crippen LogP contribution in [0.1, 0.15) is 44.9 Å². The van der Waals surface area contributed by atoms with E-state index in [9.17, 15) is 4.79 Å². The van der Waals surface area contributed by atoms with Crippen molar-refractivity contribution in [2.45, 2.75) is 56.6 Å². The number of hydrogen-bond donors (Lipinski definition) is 2. The maximum atomic E-state index is 11.7. The van der Waals surface area contributed by atoms with Gasteiger partial charge in [-0.25, -0.2) is 0 Å². The molecule has 0 aromatic carbocycles. The number of carbonyl (C=O) groups is 1. The van der Waals surface area contributed by atoms with Crippen LogP contribution in [0.4, 0.5) is 0 Å². The third-order valence-corrected chi connectivity index (χ3v) is 4.21. The fraction of sp³-hybridized carbons (Fsp3) is 0.923. The van der Waals surface area contributed by atoms with Gasteiger partial charge in [0, 0.05) is 19.7 Å². The van der Waals surface area contributed by atoms with Crippen LogP contribution in [0, 0.1) is 0 Å². The summed E-state index contributed by atoms with van der Waals surface area (Å²) in [5, 5.41) is 6.29. The first kappa shape index (κ1) is 12.8. The molecule has 2 rings (SSSR count).